The summed E-state index contributed by atoms with van der Waals surface area (Å²) >= 11 is 0. The summed E-state index contributed by atoms with van der Waals surface area (Å²) in [5.74, 6) is 0.303. The highest BCUT2D eigenvalue weighted by atomic mass is 16.2. The lowest BCUT2D eigenvalue weighted by Gasteiger charge is -2.27. The van der Waals surface area contributed by atoms with Crippen LogP contribution in [0.2, 0.25) is 0 Å². The molecule has 2 amide bonds. The van der Waals surface area contributed by atoms with Crippen molar-refractivity contribution >= 4 is 17.6 Å². The van der Waals surface area contributed by atoms with Crippen molar-refractivity contribution in [3.05, 3.63) is 11.8 Å². The van der Waals surface area contributed by atoms with E-state index in [9.17, 15) is 9.59 Å². The summed E-state index contributed by atoms with van der Waals surface area (Å²) in [6, 6.07) is 2.12. The van der Waals surface area contributed by atoms with E-state index in [2.05, 4.69) is 15.5 Å². The number of hydrogen-bond acceptors (Lipinski definition) is 3. The van der Waals surface area contributed by atoms with Gasteiger partial charge in [0.2, 0.25) is 11.8 Å². The monoisotopic (exact) mass is 304 g/mol. The second-order valence-corrected chi connectivity index (χ2v) is 6.52. The summed E-state index contributed by atoms with van der Waals surface area (Å²) in [4.78, 5) is 26.6. The van der Waals surface area contributed by atoms with Gasteiger partial charge in [0.15, 0.2) is 5.82 Å². The van der Waals surface area contributed by atoms with Crippen molar-refractivity contribution in [3.63, 3.8) is 0 Å². The highest BCUT2D eigenvalue weighted by Gasteiger charge is 2.37. The van der Waals surface area contributed by atoms with Crippen LogP contribution < -0.4 is 5.32 Å². The van der Waals surface area contributed by atoms with Gasteiger partial charge in [0.1, 0.15) is 0 Å². The number of amides is 2. The zero-order chi connectivity index (χ0) is 15.5. The maximum absolute atomic E-state index is 12.3. The molecule has 1 atom stereocenters. The van der Waals surface area contributed by atoms with E-state index in [4.69, 9.17) is 0 Å². The van der Waals surface area contributed by atoms with Gasteiger partial charge in [-0.25, -0.2) is 0 Å². The molecule has 0 spiro atoms. The van der Waals surface area contributed by atoms with Crippen LogP contribution in [0, 0.1) is 12.8 Å². The number of likely N-dealkylation sites (tertiary alicyclic amines) is 1. The highest BCUT2D eigenvalue weighted by Crippen LogP contribution is 2.28. The van der Waals surface area contributed by atoms with Crippen LogP contribution in [0.1, 0.15) is 50.6 Å². The second kappa shape index (κ2) is 6.50. The molecule has 1 unspecified atom stereocenters. The van der Waals surface area contributed by atoms with Crippen molar-refractivity contribution in [2.45, 2.75) is 57.9 Å². The maximum Gasteiger partial charge on any atom is 0.230 e. The first-order valence-corrected chi connectivity index (χ1v) is 8.26. The number of aromatic amines is 1. The fraction of sp³-hybridized carbons (Fsp3) is 0.688. The zero-order valence-electron chi connectivity index (χ0n) is 13.1. The molecule has 1 aromatic rings. The van der Waals surface area contributed by atoms with Gasteiger partial charge in [-0.3, -0.25) is 14.7 Å². The number of hydrogen-bond donors (Lipinski definition) is 2. The molecule has 1 aliphatic heterocycles. The summed E-state index contributed by atoms with van der Waals surface area (Å²) in [5, 5.41) is 9.61. The van der Waals surface area contributed by atoms with Gasteiger partial charge < -0.3 is 10.2 Å². The molecule has 1 saturated carbocycles. The van der Waals surface area contributed by atoms with Crippen LogP contribution >= 0.6 is 0 Å². The lowest BCUT2D eigenvalue weighted by atomic mass is 10.1. The Kier molecular flexibility index (Phi) is 4.45. The second-order valence-electron chi connectivity index (χ2n) is 6.52. The Balaban J connectivity index is 1.59. The van der Waals surface area contributed by atoms with E-state index in [0.29, 0.717) is 24.8 Å². The van der Waals surface area contributed by atoms with Gasteiger partial charge in [-0.15, -0.1) is 0 Å². The molecule has 6 heteroatoms. The van der Waals surface area contributed by atoms with Crippen molar-refractivity contribution in [1.29, 1.82) is 0 Å². The number of nitrogens with zero attached hydrogens (tertiary/aromatic N) is 2. The topological polar surface area (TPSA) is 78.1 Å². The highest BCUT2D eigenvalue weighted by molar-refractivity contribution is 5.96. The van der Waals surface area contributed by atoms with Gasteiger partial charge in [0.05, 0.1) is 5.92 Å². The van der Waals surface area contributed by atoms with Crippen LogP contribution in [0.15, 0.2) is 6.07 Å². The van der Waals surface area contributed by atoms with Crippen molar-refractivity contribution in [2.75, 3.05) is 11.9 Å². The quantitative estimate of drug-likeness (QED) is 0.841. The molecule has 2 heterocycles. The molecule has 2 N–H and O–H groups in total. The number of aromatic nitrogens is 2. The number of carbonyl (C=O) groups is 2. The van der Waals surface area contributed by atoms with E-state index < -0.39 is 0 Å². The average molecular weight is 304 g/mol. The Morgan fingerprint density at radius 1 is 1.32 bits per heavy atom. The first kappa shape index (κ1) is 15.1. The predicted molar refractivity (Wildman–Crippen MR) is 83.3 cm³/mol. The van der Waals surface area contributed by atoms with E-state index in [1.165, 1.54) is 25.7 Å². The maximum atomic E-state index is 12.3. The molecule has 0 radical (unpaired) electrons. The van der Waals surface area contributed by atoms with Gasteiger partial charge in [0, 0.05) is 30.8 Å². The number of anilines is 1. The largest absolute Gasteiger partial charge is 0.339 e. The van der Waals surface area contributed by atoms with Gasteiger partial charge in [-0.2, -0.15) is 5.10 Å². The molecular formula is C16H24N4O2. The molecule has 22 heavy (non-hydrogen) atoms. The van der Waals surface area contributed by atoms with Gasteiger partial charge in [-0.05, 0) is 19.8 Å². The van der Waals surface area contributed by atoms with Gasteiger partial charge >= 0.3 is 0 Å². The molecule has 120 valence electrons. The number of nitrogens with one attached hydrogen (secondary N) is 2. The minimum Gasteiger partial charge on any atom is -0.339 e. The fourth-order valence-corrected chi connectivity index (χ4v) is 3.54. The zero-order valence-corrected chi connectivity index (χ0v) is 13.1. The minimum atomic E-state index is -0.257. The van der Waals surface area contributed by atoms with E-state index >= 15 is 0 Å². The molecule has 6 nitrogen and oxygen atoms in total. The molecule has 2 aliphatic rings. The van der Waals surface area contributed by atoms with E-state index in [1.807, 2.05) is 11.8 Å². The fourth-order valence-electron chi connectivity index (χ4n) is 3.54. The third-order valence-electron chi connectivity index (χ3n) is 4.75. The summed E-state index contributed by atoms with van der Waals surface area (Å²) in [6.07, 6.45) is 7.40. The van der Waals surface area contributed by atoms with Crippen molar-refractivity contribution in [2.24, 2.45) is 5.92 Å². The summed E-state index contributed by atoms with van der Waals surface area (Å²) in [7, 11) is 0. The molecule has 1 saturated heterocycles. The molecule has 3 rings (SSSR count). The van der Waals surface area contributed by atoms with Crippen LogP contribution in [0.4, 0.5) is 5.82 Å². The summed E-state index contributed by atoms with van der Waals surface area (Å²) < 4.78 is 0. The Labute approximate surface area is 130 Å². The third kappa shape index (κ3) is 3.31. The van der Waals surface area contributed by atoms with E-state index in [-0.39, 0.29) is 17.7 Å². The first-order valence-electron chi connectivity index (χ1n) is 8.26. The van der Waals surface area contributed by atoms with Gasteiger partial charge in [-0.1, -0.05) is 25.7 Å². The predicted octanol–water partition coefficient (Wildman–Crippen LogP) is 2.23. The SMILES string of the molecule is Cc1cc(NC(=O)C2CC(=O)N(C3CCCCCC3)C2)n[nH]1. The van der Waals surface area contributed by atoms with Crippen LogP contribution in [0.25, 0.3) is 0 Å². The Morgan fingerprint density at radius 2 is 2.05 bits per heavy atom. The smallest absolute Gasteiger partial charge is 0.230 e. The Bertz CT molecular complexity index is 546. The number of H-pyrrole nitrogens is 1. The third-order valence-corrected chi connectivity index (χ3v) is 4.75. The molecule has 1 aliphatic carbocycles. The Morgan fingerprint density at radius 3 is 2.68 bits per heavy atom. The molecule has 2 fully saturated rings. The van der Waals surface area contributed by atoms with Crippen molar-refractivity contribution in [3.8, 4) is 0 Å². The lowest BCUT2D eigenvalue weighted by Crippen LogP contribution is -2.37. The normalized spacial score (nSPS) is 23.6. The molecule has 1 aromatic heterocycles. The summed E-state index contributed by atoms with van der Waals surface area (Å²) in [6.45, 7) is 2.44. The number of aryl methyl sites for hydroxylation is 1. The summed E-state index contributed by atoms with van der Waals surface area (Å²) in [5.41, 5.74) is 0.901. The van der Waals surface area contributed by atoms with Crippen LogP contribution in [0.3, 0.4) is 0 Å². The van der Waals surface area contributed by atoms with Gasteiger partial charge in [0.25, 0.3) is 0 Å². The lowest BCUT2D eigenvalue weighted by molar-refractivity contribution is -0.130. The van der Waals surface area contributed by atoms with Crippen LogP contribution in [0.5, 0.6) is 0 Å². The first-order chi connectivity index (χ1) is 10.6. The number of carbonyl (C=O) groups excluding carboxylic acids is 2. The minimum absolute atomic E-state index is 0.101. The Hall–Kier alpha value is -1.85. The molecular weight excluding hydrogens is 280 g/mol. The van der Waals surface area contributed by atoms with E-state index in [0.717, 1.165) is 18.5 Å². The molecule has 0 bridgehead atoms. The molecule has 0 aromatic carbocycles. The standard InChI is InChI=1S/C16H24N4O2/c1-11-8-14(19-18-11)17-16(22)12-9-15(21)20(10-12)13-6-4-2-3-5-7-13/h8,12-13H,2-7,9-10H2,1H3,(H2,17,18,19,22). The van der Waals surface area contributed by atoms with Crippen molar-refractivity contribution < 1.29 is 9.59 Å². The van der Waals surface area contributed by atoms with Crippen LogP contribution in [-0.4, -0.2) is 39.5 Å². The van der Waals surface area contributed by atoms with E-state index in [1.54, 1.807) is 6.07 Å². The average Bonchev–Trinajstić information content (AvgIpc) is 2.96. The number of rotatable bonds is 3. The van der Waals surface area contributed by atoms with Crippen LogP contribution in [-0.2, 0) is 9.59 Å². The van der Waals surface area contributed by atoms with Crippen molar-refractivity contribution in [1.82, 2.24) is 15.1 Å².